The summed E-state index contributed by atoms with van der Waals surface area (Å²) in [6.45, 7) is 2.19. The molecule has 0 heterocycles. The molecule has 0 aliphatic carbocycles. The number of benzene rings is 1. The Balaban J connectivity index is 2.39. The Bertz CT molecular complexity index is 508. The third kappa shape index (κ3) is 6.70. The number of carbonyl (C=O) groups excluding carboxylic acids is 1. The number of nitro groups is 1. The Hall–Kier alpha value is -1.21. The van der Waals surface area contributed by atoms with E-state index in [4.69, 9.17) is 0 Å². The van der Waals surface area contributed by atoms with Crippen molar-refractivity contribution >= 4 is 33.2 Å². The maximum absolute atomic E-state index is 10.9. The van der Waals surface area contributed by atoms with E-state index in [9.17, 15) is 20.0 Å². The second-order valence-electron chi connectivity index (χ2n) is 4.90. The van der Waals surface area contributed by atoms with Crippen LogP contribution in [-0.4, -0.2) is 16.6 Å². The van der Waals surface area contributed by atoms with Gasteiger partial charge in [-0.2, -0.15) is 0 Å². The van der Waals surface area contributed by atoms with Crippen LogP contribution in [0, 0.1) is 10.1 Å². The molecule has 0 amide bonds. The first-order chi connectivity index (χ1) is 10.6. The zero-order chi connectivity index (χ0) is 16.4. The number of unbranched alkanes of at least 4 members (excludes halogenated alkanes) is 5. The van der Waals surface area contributed by atoms with Crippen LogP contribution in [0.1, 0.15) is 55.8 Å². The van der Waals surface area contributed by atoms with E-state index in [0.717, 1.165) is 12.2 Å². The molecule has 0 aliphatic rings. The van der Waals surface area contributed by atoms with Crippen molar-refractivity contribution in [3.63, 3.8) is 0 Å². The zero-order valence-corrected chi connectivity index (χ0v) is 14.2. The third-order valence-corrected chi connectivity index (χ3v) is 5.57. The van der Waals surface area contributed by atoms with Crippen LogP contribution in [0.25, 0.3) is 0 Å². The van der Waals surface area contributed by atoms with Gasteiger partial charge < -0.3 is 9.90 Å². The first-order valence-corrected chi connectivity index (χ1v) is 9.67. The molecule has 122 valence electrons. The number of hydrogen-bond acceptors (Lipinski definition) is 6. The van der Waals surface area contributed by atoms with Crippen LogP contribution >= 0.6 is 21.6 Å². The van der Waals surface area contributed by atoms with Gasteiger partial charge in [0, 0.05) is 16.7 Å². The predicted molar refractivity (Wildman–Crippen MR) is 89.1 cm³/mol. The molecule has 1 rings (SSSR count). The average Bonchev–Trinajstić information content (AvgIpc) is 2.49. The highest BCUT2D eigenvalue weighted by Gasteiger charge is 2.15. The topological polar surface area (TPSA) is 83.3 Å². The minimum absolute atomic E-state index is 0.366. The monoisotopic (exact) mass is 342 g/mol. The van der Waals surface area contributed by atoms with Crippen molar-refractivity contribution in [1.82, 2.24) is 0 Å². The molecule has 0 bridgehead atoms. The van der Waals surface area contributed by atoms with E-state index >= 15 is 0 Å². The summed E-state index contributed by atoms with van der Waals surface area (Å²) in [5.74, 6) is -0.538. The lowest BCUT2D eigenvalue weighted by molar-refractivity contribution is -0.385. The molecule has 1 aromatic carbocycles. The van der Waals surface area contributed by atoms with Crippen molar-refractivity contribution in [1.29, 1.82) is 0 Å². The van der Waals surface area contributed by atoms with Crippen molar-refractivity contribution in [2.24, 2.45) is 0 Å². The Labute approximate surface area is 138 Å². The Morgan fingerprint density at radius 3 is 2.50 bits per heavy atom. The molecular weight excluding hydrogens is 322 g/mol. The van der Waals surface area contributed by atoms with Gasteiger partial charge in [-0.05, 0) is 18.6 Å². The predicted octanol–water partition coefficient (Wildman–Crippen LogP) is 4.06. The van der Waals surface area contributed by atoms with E-state index in [2.05, 4.69) is 6.92 Å². The molecule has 0 unspecified atom stereocenters. The molecule has 0 aliphatic heterocycles. The smallest absolute Gasteiger partial charge is 0.278 e. The fraction of sp³-hybridized carbons (Fsp3) is 0.533. The molecule has 0 aromatic heterocycles. The molecule has 0 spiro atoms. The highest BCUT2D eigenvalue weighted by molar-refractivity contribution is 8.76. The van der Waals surface area contributed by atoms with Gasteiger partial charge in [-0.15, -0.1) is 0 Å². The lowest BCUT2D eigenvalue weighted by Gasteiger charge is -2.06. The number of hydrogen-bond donors (Lipinski definition) is 0. The summed E-state index contributed by atoms with van der Waals surface area (Å²) < 4.78 is 0. The number of aromatic carboxylic acids is 1. The van der Waals surface area contributed by atoms with Gasteiger partial charge in [-0.1, -0.05) is 60.6 Å². The van der Waals surface area contributed by atoms with Crippen LogP contribution < -0.4 is 5.11 Å². The summed E-state index contributed by atoms with van der Waals surface area (Å²) >= 11 is 0. The van der Waals surface area contributed by atoms with Crippen molar-refractivity contribution in [3.8, 4) is 0 Å². The molecule has 0 atom stereocenters. The van der Waals surface area contributed by atoms with Gasteiger partial charge >= 0.3 is 0 Å². The normalized spacial score (nSPS) is 10.6. The number of carbonyl (C=O) groups is 1. The number of rotatable bonds is 11. The van der Waals surface area contributed by atoms with Gasteiger partial charge in [-0.25, -0.2) is 0 Å². The van der Waals surface area contributed by atoms with Gasteiger partial charge in [0.15, 0.2) is 0 Å². The number of carboxylic acid groups (broad SMARTS) is 1. The van der Waals surface area contributed by atoms with Gasteiger partial charge in [0.05, 0.1) is 16.5 Å². The van der Waals surface area contributed by atoms with E-state index in [-0.39, 0.29) is 5.56 Å². The quantitative estimate of drug-likeness (QED) is 0.261. The second kappa shape index (κ2) is 10.5. The number of carboxylic acids is 1. The highest BCUT2D eigenvalue weighted by Crippen LogP contribution is 2.34. The Kier molecular flexibility index (Phi) is 9.00. The lowest BCUT2D eigenvalue weighted by Crippen LogP contribution is -2.23. The van der Waals surface area contributed by atoms with E-state index < -0.39 is 16.6 Å². The van der Waals surface area contributed by atoms with Crippen LogP contribution in [-0.2, 0) is 0 Å². The average molecular weight is 342 g/mol. The summed E-state index contributed by atoms with van der Waals surface area (Å²) in [5, 5.41) is 21.7. The molecule has 0 fully saturated rings. The number of nitro benzene ring substituents is 1. The molecule has 1 aromatic rings. The van der Waals surface area contributed by atoms with Crippen molar-refractivity contribution in [2.75, 3.05) is 5.75 Å². The standard InChI is InChI=1S/C15H21NO4S2/c1-2-3-4-5-6-7-10-21-22-12-8-9-14(16(19)20)13(11-12)15(17)18/h8-9,11H,2-7,10H2,1H3,(H,17,18)/p-1. The van der Waals surface area contributed by atoms with Crippen LogP contribution in [0.5, 0.6) is 0 Å². The largest absolute Gasteiger partial charge is 0.545 e. The van der Waals surface area contributed by atoms with E-state index in [1.54, 1.807) is 16.9 Å². The molecular formula is C15H20NO4S2-. The summed E-state index contributed by atoms with van der Waals surface area (Å²) in [6, 6.07) is 4.11. The van der Waals surface area contributed by atoms with Gasteiger partial charge in [0.25, 0.3) is 5.69 Å². The maximum Gasteiger partial charge on any atom is 0.278 e. The molecule has 22 heavy (non-hydrogen) atoms. The van der Waals surface area contributed by atoms with E-state index in [1.807, 2.05) is 0 Å². The van der Waals surface area contributed by atoms with Gasteiger partial charge in [0.1, 0.15) is 0 Å². The van der Waals surface area contributed by atoms with Crippen LogP contribution in [0.4, 0.5) is 5.69 Å². The van der Waals surface area contributed by atoms with Crippen LogP contribution in [0.3, 0.4) is 0 Å². The summed E-state index contributed by atoms with van der Waals surface area (Å²) in [4.78, 5) is 21.7. The summed E-state index contributed by atoms with van der Waals surface area (Å²) in [7, 11) is 3.08. The van der Waals surface area contributed by atoms with E-state index in [1.165, 1.54) is 55.0 Å². The SMILES string of the molecule is CCCCCCCCSSc1ccc([N+](=O)[O-])c(C(=O)[O-])c1. The fourth-order valence-corrected chi connectivity index (χ4v) is 4.09. The molecule has 7 heteroatoms. The van der Waals surface area contributed by atoms with Gasteiger partial charge in [0.2, 0.25) is 0 Å². The molecule has 0 N–H and O–H groups in total. The van der Waals surface area contributed by atoms with Crippen molar-refractivity contribution in [3.05, 3.63) is 33.9 Å². The fourth-order valence-electron chi connectivity index (χ4n) is 1.94. The summed E-state index contributed by atoms with van der Waals surface area (Å²) in [5.41, 5.74) is -0.791. The van der Waals surface area contributed by atoms with Crippen LogP contribution in [0.2, 0.25) is 0 Å². The lowest BCUT2D eigenvalue weighted by atomic mass is 10.1. The second-order valence-corrected chi connectivity index (χ2v) is 7.39. The third-order valence-electron chi connectivity index (χ3n) is 3.12. The van der Waals surface area contributed by atoms with Crippen molar-refractivity contribution in [2.45, 2.75) is 50.3 Å². The zero-order valence-electron chi connectivity index (χ0n) is 12.6. The molecule has 5 nitrogen and oxygen atoms in total. The minimum Gasteiger partial charge on any atom is -0.545 e. The summed E-state index contributed by atoms with van der Waals surface area (Å²) in [6.07, 6.45) is 7.40. The maximum atomic E-state index is 10.9. The first kappa shape index (κ1) is 18.8. The minimum atomic E-state index is -1.52. The van der Waals surface area contributed by atoms with E-state index in [0.29, 0.717) is 4.90 Å². The Morgan fingerprint density at radius 1 is 1.18 bits per heavy atom. The Morgan fingerprint density at radius 2 is 1.86 bits per heavy atom. The first-order valence-electron chi connectivity index (χ1n) is 7.35. The highest BCUT2D eigenvalue weighted by atomic mass is 33.1. The van der Waals surface area contributed by atoms with Gasteiger partial charge in [-0.3, -0.25) is 10.1 Å². The van der Waals surface area contributed by atoms with Crippen molar-refractivity contribution < 1.29 is 14.8 Å². The van der Waals surface area contributed by atoms with Crippen LogP contribution in [0.15, 0.2) is 23.1 Å². The molecule has 0 radical (unpaired) electrons. The molecule has 0 saturated heterocycles. The molecule has 0 saturated carbocycles. The number of nitrogens with zero attached hydrogens (tertiary/aromatic N) is 1.